The number of furan rings is 1. The normalized spacial score (nSPS) is 10.6. The summed E-state index contributed by atoms with van der Waals surface area (Å²) in [6.07, 6.45) is 3.38. The molecule has 0 aromatic carbocycles. The number of hydrogen-bond donors (Lipinski definition) is 2. The Morgan fingerprint density at radius 1 is 1.56 bits per heavy atom. The molecular weight excluding hydrogens is 234 g/mol. The number of rotatable bonds is 5. The number of hydrogen-bond acceptors (Lipinski definition) is 5. The van der Waals surface area contributed by atoms with E-state index in [2.05, 4.69) is 20.0 Å². The number of imidazole rings is 1. The number of H-pyrrole nitrogens is 1. The standard InChI is InChI=1S/C12H15N3O3/c1-8-11(12(16)17-2)3-10(18-8)6-13-4-9-5-14-7-15-9/h3,5,7,13H,4,6H2,1-2H3,(H,14,15). The Balaban J connectivity index is 1.92. The molecule has 0 aliphatic heterocycles. The first-order chi connectivity index (χ1) is 8.70. The monoisotopic (exact) mass is 249 g/mol. The van der Waals surface area contributed by atoms with Crippen LogP contribution in [0.25, 0.3) is 0 Å². The molecule has 0 atom stereocenters. The van der Waals surface area contributed by atoms with Crippen LogP contribution in [-0.2, 0) is 17.8 Å². The van der Waals surface area contributed by atoms with E-state index in [1.807, 2.05) is 0 Å². The second-order valence-electron chi connectivity index (χ2n) is 3.85. The van der Waals surface area contributed by atoms with Gasteiger partial charge in [0.15, 0.2) is 0 Å². The van der Waals surface area contributed by atoms with Crippen LogP contribution in [0.2, 0.25) is 0 Å². The van der Waals surface area contributed by atoms with Gasteiger partial charge in [0.1, 0.15) is 17.1 Å². The van der Waals surface area contributed by atoms with Crippen molar-refractivity contribution in [3.63, 3.8) is 0 Å². The van der Waals surface area contributed by atoms with Crippen molar-refractivity contribution in [2.75, 3.05) is 7.11 Å². The number of methoxy groups -OCH3 is 1. The fourth-order valence-corrected chi connectivity index (χ4v) is 1.65. The lowest BCUT2D eigenvalue weighted by molar-refractivity contribution is 0.0599. The van der Waals surface area contributed by atoms with Gasteiger partial charge in [-0.3, -0.25) is 0 Å². The summed E-state index contributed by atoms with van der Waals surface area (Å²) >= 11 is 0. The molecule has 0 radical (unpaired) electrons. The van der Waals surface area contributed by atoms with Crippen molar-refractivity contribution in [3.05, 3.63) is 41.4 Å². The maximum absolute atomic E-state index is 11.4. The molecule has 0 saturated carbocycles. The van der Waals surface area contributed by atoms with Crippen molar-refractivity contribution in [3.8, 4) is 0 Å². The smallest absolute Gasteiger partial charge is 0.341 e. The average molecular weight is 249 g/mol. The minimum atomic E-state index is -0.379. The fourth-order valence-electron chi connectivity index (χ4n) is 1.65. The molecule has 0 fully saturated rings. The molecule has 6 nitrogen and oxygen atoms in total. The first kappa shape index (κ1) is 12.4. The lowest BCUT2D eigenvalue weighted by Gasteiger charge is -1.99. The maximum Gasteiger partial charge on any atom is 0.341 e. The predicted molar refractivity (Wildman–Crippen MR) is 63.9 cm³/mol. The average Bonchev–Trinajstić information content (AvgIpc) is 2.98. The van der Waals surface area contributed by atoms with Gasteiger partial charge in [0, 0.05) is 18.4 Å². The zero-order chi connectivity index (χ0) is 13.0. The number of aromatic amines is 1. The minimum absolute atomic E-state index is 0.379. The van der Waals surface area contributed by atoms with E-state index in [0.717, 1.165) is 5.69 Å². The lowest BCUT2D eigenvalue weighted by atomic mass is 10.2. The molecule has 0 amide bonds. The van der Waals surface area contributed by atoms with Gasteiger partial charge in [-0.2, -0.15) is 0 Å². The molecule has 2 heterocycles. The van der Waals surface area contributed by atoms with Gasteiger partial charge in [-0.1, -0.05) is 0 Å². The van der Waals surface area contributed by atoms with Crippen LogP contribution in [0.4, 0.5) is 0 Å². The van der Waals surface area contributed by atoms with Crippen LogP contribution in [0.5, 0.6) is 0 Å². The van der Waals surface area contributed by atoms with Gasteiger partial charge in [-0.05, 0) is 13.0 Å². The number of nitrogens with zero attached hydrogens (tertiary/aromatic N) is 1. The summed E-state index contributed by atoms with van der Waals surface area (Å²) in [5, 5.41) is 3.18. The molecule has 0 spiro atoms. The van der Waals surface area contributed by atoms with Crippen LogP contribution in [0.15, 0.2) is 23.0 Å². The van der Waals surface area contributed by atoms with Crippen LogP contribution >= 0.6 is 0 Å². The summed E-state index contributed by atoms with van der Waals surface area (Å²) in [4.78, 5) is 18.3. The molecule has 2 N–H and O–H groups in total. The molecule has 96 valence electrons. The number of aromatic nitrogens is 2. The van der Waals surface area contributed by atoms with E-state index in [4.69, 9.17) is 4.42 Å². The third-order valence-corrected chi connectivity index (χ3v) is 2.54. The predicted octanol–water partition coefficient (Wildman–Crippen LogP) is 1.39. The summed E-state index contributed by atoms with van der Waals surface area (Å²) in [6.45, 7) is 2.94. The number of esters is 1. The maximum atomic E-state index is 11.4. The van der Waals surface area contributed by atoms with E-state index in [1.54, 1.807) is 25.5 Å². The molecule has 0 aliphatic rings. The molecule has 2 aromatic heterocycles. The van der Waals surface area contributed by atoms with Crippen molar-refractivity contribution in [1.29, 1.82) is 0 Å². The van der Waals surface area contributed by atoms with E-state index in [-0.39, 0.29) is 5.97 Å². The van der Waals surface area contributed by atoms with Crippen LogP contribution in [0, 0.1) is 6.92 Å². The molecule has 18 heavy (non-hydrogen) atoms. The zero-order valence-corrected chi connectivity index (χ0v) is 10.3. The van der Waals surface area contributed by atoms with Gasteiger partial charge in [-0.15, -0.1) is 0 Å². The number of ether oxygens (including phenoxy) is 1. The molecule has 6 heteroatoms. The SMILES string of the molecule is COC(=O)c1cc(CNCc2cnc[nH]2)oc1C. The van der Waals surface area contributed by atoms with Gasteiger partial charge in [0.25, 0.3) is 0 Å². The van der Waals surface area contributed by atoms with Gasteiger partial charge in [-0.25, -0.2) is 9.78 Å². The van der Waals surface area contributed by atoms with Gasteiger partial charge in [0.2, 0.25) is 0 Å². The Bertz CT molecular complexity index is 517. The molecule has 0 bridgehead atoms. The third kappa shape index (κ3) is 2.78. The van der Waals surface area contributed by atoms with Crippen molar-refractivity contribution < 1.29 is 13.9 Å². The highest BCUT2D eigenvalue weighted by atomic mass is 16.5. The van der Waals surface area contributed by atoms with E-state index >= 15 is 0 Å². The van der Waals surface area contributed by atoms with E-state index in [9.17, 15) is 4.79 Å². The molecule has 0 unspecified atom stereocenters. The Morgan fingerprint density at radius 2 is 2.39 bits per heavy atom. The van der Waals surface area contributed by atoms with Crippen molar-refractivity contribution >= 4 is 5.97 Å². The van der Waals surface area contributed by atoms with Crippen LogP contribution in [0.3, 0.4) is 0 Å². The van der Waals surface area contributed by atoms with Crippen molar-refractivity contribution in [2.45, 2.75) is 20.0 Å². The third-order valence-electron chi connectivity index (χ3n) is 2.54. The van der Waals surface area contributed by atoms with E-state index in [0.29, 0.717) is 30.2 Å². The highest BCUT2D eigenvalue weighted by molar-refractivity contribution is 5.90. The van der Waals surface area contributed by atoms with Crippen LogP contribution in [0.1, 0.15) is 27.6 Å². The van der Waals surface area contributed by atoms with Gasteiger partial charge in [0.05, 0.1) is 20.0 Å². The second-order valence-corrected chi connectivity index (χ2v) is 3.85. The quantitative estimate of drug-likeness (QED) is 0.783. The topological polar surface area (TPSA) is 80.1 Å². The number of nitrogens with one attached hydrogen (secondary N) is 2. The lowest BCUT2D eigenvalue weighted by Crippen LogP contribution is -2.12. The molecule has 0 aliphatic carbocycles. The summed E-state index contributed by atoms with van der Waals surface area (Å²) in [7, 11) is 1.35. The fraction of sp³-hybridized carbons (Fsp3) is 0.333. The second kappa shape index (κ2) is 5.50. The van der Waals surface area contributed by atoms with Crippen LogP contribution < -0.4 is 5.32 Å². The summed E-state index contributed by atoms with van der Waals surface area (Å²) < 4.78 is 10.1. The molecular formula is C12H15N3O3. The molecule has 2 rings (SSSR count). The first-order valence-corrected chi connectivity index (χ1v) is 5.56. The van der Waals surface area contributed by atoms with Crippen molar-refractivity contribution in [1.82, 2.24) is 15.3 Å². The van der Waals surface area contributed by atoms with Gasteiger partial charge >= 0.3 is 5.97 Å². The van der Waals surface area contributed by atoms with E-state index in [1.165, 1.54) is 7.11 Å². The van der Waals surface area contributed by atoms with Gasteiger partial charge < -0.3 is 19.5 Å². The van der Waals surface area contributed by atoms with Crippen molar-refractivity contribution in [2.24, 2.45) is 0 Å². The highest BCUT2D eigenvalue weighted by Gasteiger charge is 2.14. The number of carbonyl (C=O) groups excluding carboxylic acids is 1. The first-order valence-electron chi connectivity index (χ1n) is 5.56. The molecule has 0 saturated heterocycles. The number of aryl methyl sites for hydroxylation is 1. The Labute approximate surface area is 104 Å². The van der Waals surface area contributed by atoms with Crippen LogP contribution in [-0.4, -0.2) is 23.0 Å². The Morgan fingerprint density at radius 3 is 3.06 bits per heavy atom. The summed E-state index contributed by atoms with van der Waals surface area (Å²) in [6, 6.07) is 1.70. The summed E-state index contributed by atoms with van der Waals surface area (Å²) in [5.41, 5.74) is 1.46. The zero-order valence-electron chi connectivity index (χ0n) is 10.3. The highest BCUT2D eigenvalue weighted by Crippen LogP contribution is 2.15. The molecule has 2 aromatic rings. The Hall–Kier alpha value is -2.08. The Kier molecular flexibility index (Phi) is 3.78. The minimum Gasteiger partial charge on any atom is -0.465 e. The summed E-state index contributed by atoms with van der Waals surface area (Å²) in [5.74, 6) is 0.892. The largest absolute Gasteiger partial charge is 0.465 e. The van der Waals surface area contributed by atoms with E-state index < -0.39 is 0 Å². The number of carbonyl (C=O) groups is 1.